The summed E-state index contributed by atoms with van der Waals surface area (Å²) in [6.07, 6.45) is 1.41. The molecule has 0 saturated carbocycles. The molecule has 3 aromatic rings. The molecule has 3 rings (SSSR count). The van der Waals surface area contributed by atoms with E-state index in [0.29, 0.717) is 22.9 Å². The van der Waals surface area contributed by atoms with Crippen LogP contribution in [0.4, 0.5) is 0 Å². The fourth-order valence-corrected chi connectivity index (χ4v) is 3.31. The molecule has 0 saturated heterocycles. The molecule has 0 radical (unpaired) electrons. The van der Waals surface area contributed by atoms with Crippen LogP contribution in [0.15, 0.2) is 88.9 Å². The second kappa shape index (κ2) is 8.70. The van der Waals surface area contributed by atoms with Gasteiger partial charge in [-0.3, -0.25) is 0 Å². The highest BCUT2D eigenvalue weighted by Gasteiger charge is 2.11. The van der Waals surface area contributed by atoms with Gasteiger partial charge in [0, 0.05) is 16.1 Å². The van der Waals surface area contributed by atoms with Crippen molar-refractivity contribution in [2.45, 2.75) is 11.5 Å². The van der Waals surface area contributed by atoms with Crippen LogP contribution in [0.3, 0.4) is 0 Å². The number of hydrogen-bond donors (Lipinski definition) is 1. The molecule has 0 unspecified atom stereocenters. The van der Waals surface area contributed by atoms with Crippen molar-refractivity contribution in [3.8, 4) is 5.75 Å². The van der Waals surface area contributed by atoms with Crippen molar-refractivity contribution in [1.29, 1.82) is 0 Å². The number of hydrogen-bond acceptors (Lipinski definition) is 4. The Morgan fingerprint density at radius 1 is 0.926 bits per heavy atom. The number of nitrogens with zero attached hydrogens (tertiary/aromatic N) is 1. The van der Waals surface area contributed by atoms with E-state index in [1.54, 1.807) is 36.4 Å². The third-order valence-corrected chi connectivity index (χ3v) is 5.30. The molecule has 3 aromatic carbocycles. The highest BCUT2D eigenvalue weighted by molar-refractivity contribution is 7.89. The van der Waals surface area contributed by atoms with E-state index < -0.39 is 10.0 Å². The Bertz CT molecular complexity index is 1040. The maximum atomic E-state index is 12.2. The van der Waals surface area contributed by atoms with Crippen LogP contribution in [0.1, 0.15) is 11.1 Å². The maximum Gasteiger partial charge on any atom is 0.276 e. The van der Waals surface area contributed by atoms with E-state index in [-0.39, 0.29) is 4.90 Å². The molecular weight excluding hydrogens is 384 g/mol. The van der Waals surface area contributed by atoms with Gasteiger partial charge in [-0.15, -0.1) is 0 Å². The van der Waals surface area contributed by atoms with Gasteiger partial charge in [0.1, 0.15) is 12.4 Å². The van der Waals surface area contributed by atoms with Crippen LogP contribution < -0.4 is 9.57 Å². The molecule has 5 nitrogen and oxygen atoms in total. The van der Waals surface area contributed by atoms with Crippen molar-refractivity contribution in [2.75, 3.05) is 0 Å². The topological polar surface area (TPSA) is 67.8 Å². The summed E-state index contributed by atoms with van der Waals surface area (Å²) in [6.45, 7) is 0.292. The smallest absolute Gasteiger partial charge is 0.276 e. The summed E-state index contributed by atoms with van der Waals surface area (Å²) in [6, 6.07) is 22.7. The molecule has 0 aliphatic carbocycles. The lowest BCUT2D eigenvalue weighted by Gasteiger charge is -2.10. The van der Waals surface area contributed by atoms with Gasteiger partial charge < -0.3 is 4.74 Å². The predicted octanol–water partition coefficient (Wildman–Crippen LogP) is 4.23. The summed E-state index contributed by atoms with van der Waals surface area (Å²) < 4.78 is 30.2. The van der Waals surface area contributed by atoms with Gasteiger partial charge in [-0.05, 0) is 30.3 Å². The molecule has 0 fully saturated rings. The summed E-state index contributed by atoms with van der Waals surface area (Å²) in [7, 11) is -3.71. The fraction of sp³-hybridized carbons (Fsp3) is 0.0500. The molecule has 0 aliphatic heterocycles. The summed E-state index contributed by atoms with van der Waals surface area (Å²) in [4.78, 5) is 2.34. The van der Waals surface area contributed by atoms with Gasteiger partial charge in [-0.2, -0.15) is 13.5 Å². The zero-order valence-corrected chi connectivity index (χ0v) is 15.8. The zero-order chi connectivity index (χ0) is 19.1. The average Bonchev–Trinajstić information content (AvgIpc) is 2.69. The van der Waals surface area contributed by atoms with Crippen molar-refractivity contribution in [1.82, 2.24) is 4.83 Å². The molecule has 27 heavy (non-hydrogen) atoms. The Morgan fingerprint density at radius 2 is 1.59 bits per heavy atom. The van der Waals surface area contributed by atoms with Crippen molar-refractivity contribution < 1.29 is 13.2 Å². The minimum atomic E-state index is -3.71. The second-order valence-corrected chi connectivity index (χ2v) is 7.65. The molecule has 0 heterocycles. The van der Waals surface area contributed by atoms with Crippen LogP contribution in [0.25, 0.3) is 0 Å². The lowest BCUT2D eigenvalue weighted by atomic mass is 10.2. The van der Waals surface area contributed by atoms with Gasteiger partial charge in [0.25, 0.3) is 10.0 Å². The van der Waals surface area contributed by atoms with Crippen LogP contribution in [0, 0.1) is 0 Å². The average molecular weight is 401 g/mol. The Morgan fingerprint density at radius 3 is 2.37 bits per heavy atom. The van der Waals surface area contributed by atoms with E-state index in [0.717, 1.165) is 5.56 Å². The number of nitrogens with one attached hydrogen (secondary N) is 1. The van der Waals surface area contributed by atoms with E-state index in [9.17, 15) is 8.42 Å². The number of hydrazone groups is 1. The Labute approximate surface area is 163 Å². The third kappa shape index (κ3) is 5.09. The minimum Gasteiger partial charge on any atom is -0.488 e. The molecule has 0 aliphatic rings. The van der Waals surface area contributed by atoms with Gasteiger partial charge >= 0.3 is 0 Å². The van der Waals surface area contributed by atoms with E-state index in [4.69, 9.17) is 16.3 Å². The first-order valence-corrected chi connectivity index (χ1v) is 9.97. The summed E-state index contributed by atoms with van der Waals surface area (Å²) in [5, 5.41) is 4.48. The molecule has 7 heteroatoms. The number of para-hydroxylation sites is 1. The number of halogens is 1. The van der Waals surface area contributed by atoms with Gasteiger partial charge in [0.15, 0.2) is 0 Å². The third-order valence-electron chi connectivity index (χ3n) is 3.69. The Kier molecular flexibility index (Phi) is 6.11. The SMILES string of the molecule is O=S(=O)(N/N=C/c1ccccc1OCc1ccccc1Cl)c1ccccc1. The van der Waals surface area contributed by atoms with Crippen molar-refractivity contribution in [3.05, 3.63) is 95.0 Å². The lowest BCUT2D eigenvalue weighted by molar-refractivity contribution is 0.306. The number of rotatable bonds is 7. The summed E-state index contributed by atoms with van der Waals surface area (Å²) in [5.74, 6) is 0.570. The highest BCUT2D eigenvalue weighted by atomic mass is 35.5. The zero-order valence-electron chi connectivity index (χ0n) is 14.2. The fourth-order valence-electron chi connectivity index (χ4n) is 2.31. The van der Waals surface area contributed by atoms with Crippen LogP contribution in [0.2, 0.25) is 5.02 Å². The van der Waals surface area contributed by atoms with Gasteiger partial charge in [0.2, 0.25) is 0 Å². The van der Waals surface area contributed by atoms with Gasteiger partial charge in [0.05, 0.1) is 11.1 Å². The first-order chi connectivity index (χ1) is 13.1. The van der Waals surface area contributed by atoms with E-state index in [1.807, 2.05) is 30.3 Å². The van der Waals surface area contributed by atoms with Crippen molar-refractivity contribution in [2.24, 2.45) is 5.10 Å². The van der Waals surface area contributed by atoms with E-state index >= 15 is 0 Å². The van der Waals surface area contributed by atoms with E-state index in [1.165, 1.54) is 18.3 Å². The van der Waals surface area contributed by atoms with Crippen LogP contribution in [0.5, 0.6) is 5.75 Å². The normalized spacial score (nSPS) is 11.4. The van der Waals surface area contributed by atoms with E-state index in [2.05, 4.69) is 9.93 Å². The lowest BCUT2D eigenvalue weighted by Crippen LogP contribution is -2.18. The van der Waals surface area contributed by atoms with Crippen LogP contribution in [-0.4, -0.2) is 14.6 Å². The quantitative estimate of drug-likeness (QED) is 0.476. The van der Waals surface area contributed by atoms with Crippen LogP contribution >= 0.6 is 11.6 Å². The van der Waals surface area contributed by atoms with Crippen LogP contribution in [-0.2, 0) is 16.6 Å². The maximum absolute atomic E-state index is 12.2. The van der Waals surface area contributed by atoms with Gasteiger partial charge in [-0.1, -0.05) is 60.1 Å². The molecule has 0 amide bonds. The first kappa shape index (κ1) is 18.9. The molecular formula is C20H17ClN2O3S. The Balaban J connectivity index is 1.71. The predicted molar refractivity (Wildman–Crippen MR) is 107 cm³/mol. The van der Waals surface area contributed by atoms with Crippen molar-refractivity contribution >= 4 is 27.8 Å². The standard InChI is InChI=1S/C20H17ClN2O3S/c21-19-12-6-4-9-17(19)15-26-20-13-7-5-8-16(20)14-22-23-27(24,25)18-10-2-1-3-11-18/h1-14,23H,15H2/b22-14+. The largest absolute Gasteiger partial charge is 0.488 e. The minimum absolute atomic E-state index is 0.144. The summed E-state index contributed by atoms with van der Waals surface area (Å²) >= 11 is 6.14. The Hall–Kier alpha value is -2.83. The second-order valence-electron chi connectivity index (χ2n) is 5.58. The molecule has 138 valence electrons. The monoisotopic (exact) mass is 400 g/mol. The molecule has 1 N–H and O–H groups in total. The highest BCUT2D eigenvalue weighted by Crippen LogP contribution is 2.21. The number of benzene rings is 3. The first-order valence-electron chi connectivity index (χ1n) is 8.11. The number of ether oxygens (including phenoxy) is 1. The molecule has 0 aromatic heterocycles. The van der Waals surface area contributed by atoms with Crippen molar-refractivity contribution in [3.63, 3.8) is 0 Å². The molecule has 0 spiro atoms. The van der Waals surface area contributed by atoms with Gasteiger partial charge in [-0.25, -0.2) is 4.83 Å². The molecule has 0 bridgehead atoms. The number of sulfonamides is 1. The molecule has 0 atom stereocenters. The summed E-state index contributed by atoms with van der Waals surface area (Å²) in [5.41, 5.74) is 1.50.